The first-order valence-corrected chi connectivity index (χ1v) is 19.1. The standard InChI is InChI=1S/C51H34N4O/c1-4-14-33(15-5-1)34-26-29-38(30-27-34)55-45-25-11-10-20-40(45)44-32-37(28-31-46(44)55)39-21-12-22-41-42-23-13-24-43(48(42)56-47(39)41)51-53-49(35-16-6-2-7-17-35)52-50(54-51)36-18-8-3-9-19-36/h1-27,29-32,37H,28H2. The van der Waals surface area contributed by atoms with Crippen LogP contribution in [0.5, 0.6) is 0 Å². The molecule has 0 bridgehead atoms. The van der Waals surface area contributed by atoms with Crippen molar-refractivity contribution in [3.05, 3.63) is 192 Å². The minimum absolute atomic E-state index is 0.126. The number of hydrogen-bond donors (Lipinski definition) is 0. The van der Waals surface area contributed by atoms with E-state index in [2.05, 4.69) is 132 Å². The highest BCUT2D eigenvalue weighted by molar-refractivity contribution is 6.10. The van der Waals surface area contributed by atoms with E-state index in [9.17, 15) is 0 Å². The highest BCUT2D eigenvalue weighted by Gasteiger charge is 2.23. The number of furan rings is 1. The van der Waals surface area contributed by atoms with Crippen molar-refractivity contribution in [3.63, 3.8) is 0 Å². The van der Waals surface area contributed by atoms with Gasteiger partial charge in [0.1, 0.15) is 11.2 Å². The van der Waals surface area contributed by atoms with Crippen LogP contribution < -0.4 is 10.6 Å². The molecule has 0 N–H and O–H groups in total. The molecular formula is C51H34N4O. The van der Waals surface area contributed by atoms with Gasteiger partial charge in [-0.3, -0.25) is 0 Å². The summed E-state index contributed by atoms with van der Waals surface area (Å²) in [6.07, 6.45) is 5.70. The Morgan fingerprint density at radius 3 is 1.71 bits per heavy atom. The second kappa shape index (κ2) is 13.2. The lowest BCUT2D eigenvalue weighted by Gasteiger charge is -2.15. The zero-order chi connectivity index (χ0) is 37.0. The van der Waals surface area contributed by atoms with Crippen molar-refractivity contribution in [1.29, 1.82) is 0 Å². The summed E-state index contributed by atoms with van der Waals surface area (Å²) in [6, 6.07) is 61.1. The molecule has 5 nitrogen and oxygen atoms in total. The zero-order valence-electron chi connectivity index (χ0n) is 30.4. The number of nitrogens with zero attached hydrogens (tertiary/aromatic N) is 4. The Morgan fingerprint density at radius 2 is 1.02 bits per heavy atom. The van der Waals surface area contributed by atoms with E-state index in [-0.39, 0.29) is 5.92 Å². The smallest absolute Gasteiger partial charge is 0.167 e. The maximum Gasteiger partial charge on any atom is 0.167 e. The molecule has 10 aromatic rings. The molecule has 1 aliphatic carbocycles. The van der Waals surface area contributed by atoms with Crippen LogP contribution in [0.3, 0.4) is 0 Å². The van der Waals surface area contributed by atoms with Crippen molar-refractivity contribution < 1.29 is 4.42 Å². The summed E-state index contributed by atoms with van der Waals surface area (Å²) >= 11 is 0. The predicted molar refractivity (Wildman–Crippen MR) is 228 cm³/mol. The molecule has 0 saturated heterocycles. The van der Waals surface area contributed by atoms with E-state index < -0.39 is 0 Å². The minimum Gasteiger partial charge on any atom is -0.455 e. The fraction of sp³-hybridized carbons (Fsp3) is 0.0392. The van der Waals surface area contributed by atoms with Gasteiger partial charge >= 0.3 is 0 Å². The monoisotopic (exact) mass is 718 g/mol. The van der Waals surface area contributed by atoms with Gasteiger partial charge in [-0.05, 0) is 41.8 Å². The average molecular weight is 719 g/mol. The highest BCUT2D eigenvalue weighted by atomic mass is 16.3. The largest absolute Gasteiger partial charge is 0.455 e. The lowest BCUT2D eigenvalue weighted by atomic mass is 9.90. The summed E-state index contributed by atoms with van der Waals surface area (Å²) in [4.78, 5) is 15.0. The Hall–Kier alpha value is -7.37. The lowest BCUT2D eigenvalue weighted by molar-refractivity contribution is 0.660. The maximum atomic E-state index is 6.97. The third-order valence-corrected chi connectivity index (χ3v) is 11.0. The summed E-state index contributed by atoms with van der Waals surface area (Å²) in [7, 11) is 0. The van der Waals surface area contributed by atoms with E-state index in [1.807, 2.05) is 60.7 Å². The number of para-hydroxylation sites is 3. The van der Waals surface area contributed by atoms with Gasteiger partial charge in [-0.25, -0.2) is 15.0 Å². The van der Waals surface area contributed by atoms with Gasteiger partial charge < -0.3 is 8.98 Å². The van der Waals surface area contributed by atoms with Crippen LogP contribution in [-0.4, -0.2) is 19.5 Å². The van der Waals surface area contributed by atoms with Gasteiger partial charge in [0.05, 0.1) is 11.1 Å². The van der Waals surface area contributed by atoms with Crippen LogP contribution in [0.15, 0.2) is 180 Å². The van der Waals surface area contributed by atoms with Crippen LogP contribution >= 0.6 is 0 Å². The minimum atomic E-state index is 0.126. The molecule has 1 aliphatic rings. The van der Waals surface area contributed by atoms with E-state index in [0.717, 1.165) is 50.7 Å². The van der Waals surface area contributed by atoms with Gasteiger partial charge in [0, 0.05) is 55.0 Å². The second-order valence-electron chi connectivity index (χ2n) is 14.3. The fourth-order valence-electron chi connectivity index (χ4n) is 8.34. The molecule has 7 aromatic carbocycles. The first-order valence-electron chi connectivity index (χ1n) is 19.1. The van der Waals surface area contributed by atoms with Gasteiger partial charge in [0.2, 0.25) is 0 Å². The number of rotatable bonds is 6. The van der Waals surface area contributed by atoms with Crippen molar-refractivity contribution in [1.82, 2.24) is 19.5 Å². The molecule has 3 heterocycles. The predicted octanol–water partition coefficient (Wildman–Crippen LogP) is 11.1. The van der Waals surface area contributed by atoms with Crippen molar-refractivity contribution >= 4 is 45.0 Å². The topological polar surface area (TPSA) is 56.7 Å². The summed E-state index contributed by atoms with van der Waals surface area (Å²) in [5.41, 5.74) is 10.3. The molecule has 0 spiro atoms. The first-order chi connectivity index (χ1) is 27.8. The first kappa shape index (κ1) is 32.1. The van der Waals surface area contributed by atoms with E-state index in [1.54, 1.807) is 0 Å². The van der Waals surface area contributed by atoms with Crippen LogP contribution in [0, 0.1) is 0 Å². The van der Waals surface area contributed by atoms with Crippen LogP contribution in [0.1, 0.15) is 17.9 Å². The van der Waals surface area contributed by atoms with Crippen molar-refractivity contribution in [2.75, 3.05) is 0 Å². The van der Waals surface area contributed by atoms with Crippen molar-refractivity contribution in [3.8, 4) is 51.0 Å². The Balaban J connectivity index is 1.04. The molecule has 0 radical (unpaired) electrons. The van der Waals surface area contributed by atoms with Gasteiger partial charge in [-0.1, -0.05) is 164 Å². The molecule has 3 aromatic heterocycles. The molecular weight excluding hydrogens is 685 g/mol. The van der Waals surface area contributed by atoms with E-state index >= 15 is 0 Å². The normalized spacial score (nSPS) is 13.8. The molecule has 264 valence electrons. The zero-order valence-corrected chi connectivity index (χ0v) is 30.4. The Labute approximate surface area is 323 Å². The second-order valence-corrected chi connectivity index (χ2v) is 14.3. The Kier molecular flexibility index (Phi) is 7.56. The van der Waals surface area contributed by atoms with Gasteiger partial charge in [0.15, 0.2) is 17.5 Å². The van der Waals surface area contributed by atoms with Gasteiger partial charge in [-0.2, -0.15) is 0 Å². The molecule has 0 fully saturated rings. The van der Waals surface area contributed by atoms with Crippen LogP contribution in [0.25, 0.3) is 96.0 Å². The van der Waals surface area contributed by atoms with Gasteiger partial charge in [0.25, 0.3) is 0 Å². The quantitative estimate of drug-likeness (QED) is 0.172. The molecule has 11 rings (SSSR count). The van der Waals surface area contributed by atoms with Crippen molar-refractivity contribution in [2.24, 2.45) is 0 Å². The summed E-state index contributed by atoms with van der Waals surface area (Å²) < 4.78 is 9.38. The highest BCUT2D eigenvalue weighted by Crippen LogP contribution is 2.40. The molecule has 56 heavy (non-hydrogen) atoms. The van der Waals surface area contributed by atoms with Crippen LogP contribution in [-0.2, 0) is 0 Å². The summed E-state index contributed by atoms with van der Waals surface area (Å²) in [5.74, 6) is 1.95. The fourth-order valence-corrected chi connectivity index (χ4v) is 8.34. The van der Waals surface area contributed by atoms with Gasteiger partial charge in [-0.15, -0.1) is 0 Å². The van der Waals surface area contributed by atoms with Crippen LogP contribution in [0.4, 0.5) is 0 Å². The number of aromatic nitrogens is 4. The van der Waals surface area contributed by atoms with E-state index in [0.29, 0.717) is 17.5 Å². The molecule has 5 heteroatoms. The molecule has 0 amide bonds. The summed E-state index contributed by atoms with van der Waals surface area (Å²) in [6.45, 7) is 0. The number of benzene rings is 7. The summed E-state index contributed by atoms with van der Waals surface area (Å²) in [5, 5.41) is 5.85. The van der Waals surface area contributed by atoms with E-state index in [4.69, 9.17) is 19.4 Å². The molecule has 0 aliphatic heterocycles. The lowest BCUT2D eigenvalue weighted by Crippen LogP contribution is -2.31. The Morgan fingerprint density at radius 1 is 0.464 bits per heavy atom. The van der Waals surface area contributed by atoms with Crippen molar-refractivity contribution in [2.45, 2.75) is 12.3 Å². The number of hydrogen-bond acceptors (Lipinski definition) is 4. The maximum absolute atomic E-state index is 6.97. The number of fused-ring (bicyclic) bond motifs is 6. The molecule has 1 atom stereocenters. The van der Waals surface area contributed by atoms with E-state index in [1.165, 1.54) is 38.2 Å². The SMILES string of the molecule is C1=c2c(n(-c3ccc(-c4ccccc4)cc3)c3ccccc23)=CCC1c1cccc2c1oc1c(-c3nc(-c4ccccc4)nc(-c4ccccc4)n3)cccc12. The third-order valence-electron chi connectivity index (χ3n) is 11.0. The molecule has 1 unspecified atom stereocenters. The Bertz CT molecular complexity index is 3150. The third kappa shape index (κ3) is 5.36. The van der Waals surface area contributed by atoms with Crippen LogP contribution in [0.2, 0.25) is 0 Å². The molecule has 0 saturated carbocycles. The average Bonchev–Trinajstić information content (AvgIpc) is 3.83.